The number of fused-ring (bicyclic) bond motifs is 1. The van der Waals surface area contributed by atoms with Crippen LogP contribution in [0.1, 0.15) is 10.4 Å². The van der Waals surface area contributed by atoms with Gasteiger partial charge in [-0.3, -0.25) is 14.2 Å². The van der Waals surface area contributed by atoms with E-state index in [2.05, 4.69) is 15.5 Å². The highest BCUT2D eigenvalue weighted by molar-refractivity contribution is 7.19. The maximum absolute atomic E-state index is 13.1. The van der Waals surface area contributed by atoms with Gasteiger partial charge in [0.05, 0.1) is 17.9 Å². The number of hydrogen-bond donors (Lipinski definition) is 1. The number of hydrogen-bond acceptors (Lipinski definition) is 5. The van der Waals surface area contributed by atoms with E-state index in [1.165, 1.54) is 22.2 Å². The Morgan fingerprint density at radius 2 is 1.83 bits per heavy atom. The molecule has 0 bridgehead atoms. The van der Waals surface area contributed by atoms with Crippen molar-refractivity contribution < 1.29 is 4.79 Å². The van der Waals surface area contributed by atoms with E-state index in [0.717, 1.165) is 21.6 Å². The Hall–Kier alpha value is -3.58. The number of hydrazone groups is 1. The molecule has 1 amide bonds. The van der Waals surface area contributed by atoms with Gasteiger partial charge in [0.2, 0.25) is 0 Å². The quantitative estimate of drug-likeness (QED) is 0.409. The number of rotatable bonds is 5. The summed E-state index contributed by atoms with van der Waals surface area (Å²) >= 11 is 1.48. The Labute approximate surface area is 171 Å². The van der Waals surface area contributed by atoms with E-state index in [-0.39, 0.29) is 12.1 Å². The topological polar surface area (TPSA) is 76.3 Å². The molecule has 0 atom stereocenters. The molecule has 0 fully saturated rings. The first-order valence-electron chi connectivity index (χ1n) is 9.04. The van der Waals surface area contributed by atoms with Crippen molar-refractivity contribution in [3.05, 3.63) is 87.8 Å². The number of benzene rings is 2. The Balaban J connectivity index is 1.60. The highest BCUT2D eigenvalue weighted by Gasteiger charge is 2.17. The maximum atomic E-state index is 13.1. The number of carbonyl (C=O) groups is 1. The van der Waals surface area contributed by atoms with E-state index in [9.17, 15) is 9.59 Å². The molecule has 0 saturated carbocycles. The molecule has 0 aliphatic carbocycles. The first-order chi connectivity index (χ1) is 14.1. The van der Waals surface area contributed by atoms with E-state index >= 15 is 0 Å². The summed E-state index contributed by atoms with van der Waals surface area (Å²) in [7, 11) is 0. The molecule has 29 heavy (non-hydrogen) atoms. The molecule has 0 radical (unpaired) electrons. The van der Waals surface area contributed by atoms with Crippen molar-refractivity contribution in [2.75, 3.05) is 0 Å². The van der Waals surface area contributed by atoms with Crippen LogP contribution in [0.3, 0.4) is 0 Å². The fraction of sp³-hybridized carbons (Fsp3) is 0.0909. The van der Waals surface area contributed by atoms with E-state index in [1.807, 2.05) is 67.6 Å². The molecule has 1 N–H and O–H groups in total. The zero-order chi connectivity index (χ0) is 20.2. The van der Waals surface area contributed by atoms with Gasteiger partial charge >= 0.3 is 0 Å². The molecule has 6 nitrogen and oxygen atoms in total. The second-order valence-electron chi connectivity index (χ2n) is 6.46. The van der Waals surface area contributed by atoms with Crippen LogP contribution < -0.4 is 11.0 Å². The van der Waals surface area contributed by atoms with E-state index in [0.29, 0.717) is 10.2 Å². The summed E-state index contributed by atoms with van der Waals surface area (Å²) in [5.74, 6) is -0.395. The van der Waals surface area contributed by atoms with Crippen LogP contribution in [0.2, 0.25) is 0 Å². The molecule has 4 aromatic rings. The SMILES string of the molecule is Cc1sc2ncn(CC(=O)N/N=C/c3ccccc3)c(=O)c2c1-c1ccccc1. The smallest absolute Gasteiger partial charge is 0.263 e. The lowest BCUT2D eigenvalue weighted by Crippen LogP contribution is -2.30. The number of thiophene rings is 1. The highest BCUT2D eigenvalue weighted by atomic mass is 32.1. The van der Waals surface area contributed by atoms with Gasteiger partial charge in [0, 0.05) is 10.4 Å². The van der Waals surface area contributed by atoms with Crippen LogP contribution in [-0.2, 0) is 11.3 Å². The van der Waals surface area contributed by atoms with Crippen LogP contribution in [0.4, 0.5) is 0 Å². The van der Waals surface area contributed by atoms with Gasteiger partial charge in [-0.1, -0.05) is 60.7 Å². The molecule has 7 heteroatoms. The van der Waals surface area contributed by atoms with Crippen LogP contribution in [0.25, 0.3) is 21.3 Å². The van der Waals surface area contributed by atoms with Gasteiger partial charge in [-0.25, -0.2) is 10.4 Å². The number of nitrogens with one attached hydrogen (secondary N) is 1. The molecule has 0 unspecified atom stereocenters. The summed E-state index contributed by atoms with van der Waals surface area (Å²) in [5, 5.41) is 4.48. The van der Waals surface area contributed by atoms with Crippen molar-refractivity contribution in [1.82, 2.24) is 15.0 Å². The summed E-state index contributed by atoms with van der Waals surface area (Å²) in [6, 6.07) is 19.2. The third-order valence-electron chi connectivity index (χ3n) is 4.43. The predicted molar refractivity (Wildman–Crippen MR) is 116 cm³/mol. The Bertz CT molecular complexity index is 1240. The normalized spacial score (nSPS) is 11.2. The summed E-state index contributed by atoms with van der Waals surface area (Å²) in [5.41, 5.74) is 4.92. The standard InChI is InChI=1S/C22H18N4O2S/c1-15-19(17-10-6-3-7-11-17)20-21(29-15)23-14-26(22(20)28)13-18(27)25-24-12-16-8-4-2-5-9-16/h2-12,14H,13H2,1H3,(H,25,27)/b24-12+. The van der Waals surface area contributed by atoms with Crippen molar-refractivity contribution in [2.45, 2.75) is 13.5 Å². The van der Waals surface area contributed by atoms with Crippen LogP contribution in [0.15, 0.2) is 76.9 Å². The minimum Gasteiger partial charge on any atom is -0.289 e. The second-order valence-corrected chi connectivity index (χ2v) is 7.66. The first-order valence-corrected chi connectivity index (χ1v) is 9.86. The number of carbonyl (C=O) groups excluding carboxylic acids is 1. The van der Waals surface area contributed by atoms with Crippen molar-refractivity contribution >= 4 is 33.7 Å². The molecular weight excluding hydrogens is 384 g/mol. The number of nitrogens with zero attached hydrogens (tertiary/aromatic N) is 3. The van der Waals surface area contributed by atoms with Gasteiger partial charge in [-0.05, 0) is 18.1 Å². The summed E-state index contributed by atoms with van der Waals surface area (Å²) in [6.07, 6.45) is 2.97. The Morgan fingerprint density at radius 1 is 1.14 bits per heavy atom. The second kappa shape index (κ2) is 8.20. The zero-order valence-electron chi connectivity index (χ0n) is 15.7. The molecule has 2 aromatic carbocycles. The van der Waals surface area contributed by atoms with Crippen LogP contribution >= 0.6 is 11.3 Å². The Morgan fingerprint density at radius 3 is 2.55 bits per heavy atom. The molecule has 144 valence electrons. The zero-order valence-corrected chi connectivity index (χ0v) is 16.5. The average Bonchev–Trinajstić information content (AvgIpc) is 3.08. The van der Waals surface area contributed by atoms with Crippen LogP contribution in [-0.4, -0.2) is 21.7 Å². The van der Waals surface area contributed by atoms with Gasteiger partial charge in [-0.2, -0.15) is 5.10 Å². The van der Waals surface area contributed by atoms with Crippen molar-refractivity contribution in [1.29, 1.82) is 0 Å². The third-order valence-corrected chi connectivity index (χ3v) is 5.45. The number of aryl methyl sites for hydroxylation is 1. The third kappa shape index (κ3) is 4.00. The van der Waals surface area contributed by atoms with Gasteiger partial charge < -0.3 is 0 Å². The van der Waals surface area contributed by atoms with Crippen molar-refractivity contribution in [3.63, 3.8) is 0 Å². The molecule has 2 heterocycles. The monoisotopic (exact) mass is 402 g/mol. The summed E-state index contributed by atoms with van der Waals surface area (Å²) in [4.78, 5) is 31.4. The van der Waals surface area contributed by atoms with Gasteiger partial charge in [0.25, 0.3) is 11.5 Å². The van der Waals surface area contributed by atoms with Gasteiger partial charge in [0.1, 0.15) is 11.4 Å². The van der Waals surface area contributed by atoms with Gasteiger partial charge in [-0.15, -0.1) is 11.3 Å². The average molecular weight is 402 g/mol. The lowest BCUT2D eigenvalue weighted by molar-refractivity contribution is -0.121. The molecule has 0 spiro atoms. The van der Waals surface area contributed by atoms with Crippen LogP contribution in [0, 0.1) is 6.92 Å². The molecular formula is C22H18N4O2S. The number of aromatic nitrogens is 2. The number of amides is 1. The summed E-state index contributed by atoms with van der Waals surface area (Å²) in [6.45, 7) is 1.82. The predicted octanol–water partition coefficient (Wildman–Crippen LogP) is 3.58. The van der Waals surface area contributed by atoms with Crippen molar-refractivity contribution in [3.8, 4) is 11.1 Å². The highest BCUT2D eigenvalue weighted by Crippen LogP contribution is 2.35. The maximum Gasteiger partial charge on any atom is 0.263 e. The fourth-order valence-electron chi connectivity index (χ4n) is 3.11. The lowest BCUT2D eigenvalue weighted by Gasteiger charge is -2.06. The molecule has 0 saturated heterocycles. The molecule has 0 aliphatic heterocycles. The minimum absolute atomic E-state index is 0.156. The minimum atomic E-state index is -0.395. The first kappa shape index (κ1) is 18.8. The fourth-order valence-corrected chi connectivity index (χ4v) is 4.11. The largest absolute Gasteiger partial charge is 0.289 e. The van der Waals surface area contributed by atoms with Gasteiger partial charge in [0.15, 0.2) is 0 Å². The van der Waals surface area contributed by atoms with E-state index in [1.54, 1.807) is 6.21 Å². The molecule has 2 aromatic heterocycles. The van der Waals surface area contributed by atoms with Crippen molar-refractivity contribution in [2.24, 2.45) is 5.10 Å². The lowest BCUT2D eigenvalue weighted by atomic mass is 10.0. The van der Waals surface area contributed by atoms with Crippen LogP contribution in [0.5, 0.6) is 0 Å². The van der Waals surface area contributed by atoms with E-state index in [4.69, 9.17) is 0 Å². The molecule has 4 rings (SSSR count). The van der Waals surface area contributed by atoms with E-state index < -0.39 is 5.91 Å². The molecule has 0 aliphatic rings. The Kier molecular flexibility index (Phi) is 5.31. The summed E-state index contributed by atoms with van der Waals surface area (Å²) < 4.78 is 1.31.